The van der Waals surface area contributed by atoms with Gasteiger partial charge in [0, 0.05) is 38.9 Å². The van der Waals surface area contributed by atoms with Gasteiger partial charge in [-0.05, 0) is 105 Å². The zero-order valence-corrected chi connectivity index (χ0v) is 29.9. The Kier molecular flexibility index (Phi) is 7.19. The fourth-order valence-electron chi connectivity index (χ4n) is 8.53. The predicted molar refractivity (Wildman–Crippen MR) is 224 cm³/mol. The van der Waals surface area contributed by atoms with E-state index in [0.717, 1.165) is 17.1 Å². The monoisotopic (exact) mass is 678 g/mol. The smallest absolute Gasteiger partial charge is 0.0541 e. The van der Waals surface area contributed by atoms with Gasteiger partial charge in [-0.3, -0.25) is 0 Å². The van der Waals surface area contributed by atoms with Crippen LogP contribution in [0.4, 0.5) is 17.1 Å². The summed E-state index contributed by atoms with van der Waals surface area (Å²) in [6.07, 6.45) is 0. The van der Waals surface area contributed by atoms with Crippen LogP contribution >= 0.6 is 0 Å². The van der Waals surface area contributed by atoms with Crippen LogP contribution in [-0.2, 0) is 5.41 Å². The van der Waals surface area contributed by atoms with Gasteiger partial charge in [-0.1, -0.05) is 147 Å². The Morgan fingerprint density at radius 1 is 0.377 bits per heavy atom. The average Bonchev–Trinajstić information content (AvgIpc) is 3.67. The van der Waals surface area contributed by atoms with E-state index in [1.807, 2.05) is 0 Å². The molecule has 0 radical (unpaired) electrons. The number of para-hydroxylation sites is 2. The van der Waals surface area contributed by atoms with Gasteiger partial charge in [0.2, 0.25) is 0 Å². The lowest BCUT2D eigenvalue weighted by Gasteiger charge is -2.28. The van der Waals surface area contributed by atoms with Crippen LogP contribution < -0.4 is 4.90 Å². The van der Waals surface area contributed by atoms with Crippen LogP contribution in [0.15, 0.2) is 194 Å². The summed E-state index contributed by atoms with van der Waals surface area (Å²) in [7, 11) is 0. The van der Waals surface area contributed by atoms with Crippen molar-refractivity contribution in [1.82, 2.24) is 4.57 Å². The first kappa shape index (κ1) is 31.1. The minimum absolute atomic E-state index is 0.204. The third-order valence-corrected chi connectivity index (χ3v) is 11.2. The van der Waals surface area contributed by atoms with Gasteiger partial charge in [-0.2, -0.15) is 0 Å². The van der Waals surface area contributed by atoms with E-state index in [9.17, 15) is 0 Å². The topological polar surface area (TPSA) is 8.17 Å². The van der Waals surface area contributed by atoms with Gasteiger partial charge in [0.1, 0.15) is 0 Å². The fourth-order valence-corrected chi connectivity index (χ4v) is 8.53. The van der Waals surface area contributed by atoms with Crippen molar-refractivity contribution < 1.29 is 0 Å². The van der Waals surface area contributed by atoms with Crippen molar-refractivity contribution in [2.24, 2.45) is 0 Å². The minimum atomic E-state index is -0.204. The van der Waals surface area contributed by atoms with Crippen LogP contribution in [0.1, 0.15) is 25.0 Å². The second-order valence-electron chi connectivity index (χ2n) is 14.6. The Hall–Kier alpha value is -6.64. The van der Waals surface area contributed by atoms with Gasteiger partial charge < -0.3 is 9.47 Å². The summed E-state index contributed by atoms with van der Waals surface area (Å²) in [6, 6.07) is 70.8. The van der Waals surface area contributed by atoms with Gasteiger partial charge >= 0.3 is 0 Å². The fraction of sp³-hybridized carbons (Fsp3) is 0.0588. The first-order valence-corrected chi connectivity index (χ1v) is 18.4. The maximum absolute atomic E-state index is 2.43. The van der Waals surface area contributed by atoms with Crippen LogP contribution in [0.5, 0.6) is 0 Å². The normalized spacial score (nSPS) is 12.9. The minimum Gasteiger partial charge on any atom is -0.310 e. The Bertz CT molecular complexity index is 2740. The zero-order valence-electron chi connectivity index (χ0n) is 29.9. The summed E-state index contributed by atoms with van der Waals surface area (Å²) in [5.41, 5.74) is 17.0. The van der Waals surface area contributed by atoms with Crippen LogP contribution in [-0.4, -0.2) is 4.57 Å². The first-order chi connectivity index (χ1) is 26.0. The highest BCUT2D eigenvalue weighted by Crippen LogP contribution is 2.51. The molecule has 1 aliphatic rings. The lowest BCUT2D eigenvalue weighted by atomic mass is 9.82. The molecule has 0 atom stereocenters. The average molecular weight is 679 g/mol. The van der Waals surface area contributed by atoms with Gasteiger partial charge in [-0.25, -0.2) is 0 Å². The lowest BCUT2D eigenvalue weighted by Crippen LogP contribution is -2.17. The Labute approximate surface area is 310 Å². The van der Waals surface area contributed by atoms with Crippen molar-refractivity contribution in [3.05, 3.63) is 205 Å². The van der Waals surface area contributed by atoms with Gasteiger partial charge in [-0.15, -0.1) is 0 Å². The highest BCUT2D eigenvalue weighted by molar-refractivity contribution is 6.09. The van der Waals surface area contributed by atoms with E-state index in [2.05, 4.69) is 217 Å². The van der Waals surface area contributed by atoms with Crippen molar-refractivity contribution in [2.45, 2.75) is 19.3 Å². The van der Waals surface area contributed by atoms with Crippen LogP contribution in [0, 0.1) is 0 Å². The number of benzene rings is 8. The van der Waals surface area contributed by atoms with Crippen LogP contribution in [0.25, 0.3) is 60.9 Å². The first-order valence-electron chi connectivity index (χ1n) is 18.4. The molecule has 0 saturated carbocycles. The van der Waals surface area contributed by atoms with E-state index in [1.165, 1.54) is 72.0 Å². The van der Waals surface area contributed by atoms with Gasteiger partial charge in [0.15, 0.2) is 0 Å². The molecule has 2 nitrogen and oxygen atoms in total. The maximum Gasteiger partial charge on any atom is 0.0541 e. The SMILES string of the molecule is CC1(C)c2cc(N(c3ccc(-c4ccccc4)cc3)c3cccc(-c4ccccc4)c3)ccc2-c2ccc(-n3c4ccccc4c4ccccc43)cc21. The molecule has 0 fully saturated rings. The van der Waals surface area contributed by atoms with E-state index in [0.29, 0.717) is 0 Å². The van der Waals surface area contributed by atoms with Crippen molar-refractivity contribution in [3.8, 4) is 39.1 Å². The number of anilines is 3. The number of hydrogen-bond donors (Lipinski definition) is 0. The summed E-state index contributed by atoms with van der Waals surface area (Å²) >= 11 is 0. The molecule has 2 heteroatoms. The highest BCUT2D eigenvalue weighted by atomic mass is 15.1. The molecule has 0 unspecified atom stereocenters. The molecule has 1 heterocycles. The summed E-state index contributed by atoms with van der Waals surface area (Å²) in [5.74, 6) is 0. The second kappa shape index (κ2) is 12.3. The van der Waals surface area contributed by atoms with Crippen molar-refractivity contribution in [1.29, 1.82) is 0 Å². The third kappa shape index (κ3) is 5.10. The van der Waals surface area contributed by atoms with Crippen molar-refractivity contribution in [3.63, 3.8) is 0 Å². The molecule has 1 aromatic heterocycles. The van der Waals surface area contributed by atoms with Crippen molar-refractivity contribution in [2.75, 3.05) is 4.90 Å². The molecule has 0 amide bonds. The molecule has 1 aliphatic carbocycles. The molecule has 10 rings (SSSR count). The molecule has 8 aromatic carbocycles. The Morgan fingerprint density at radius 3 is 1.53 bits per heavy atom. The number of rotatable bonds is 6. The third-order valence-electron chi connectivity index (χ3n) is 11.2. The molecule has 0 spiro atoms. The molecule has 0 N–H and O–H groups in total. The van der Waals surface area contributed by atoms with E-state index in [-0.39, 0.29) is 5.41 Å². The van der Waals surface area contributed by atoms with E-state index < -0.39 is 0 Å². The van der Waals surface area contributed by atoms with E-state index in [1.54, 1.807) is 0 Å². The largest absolute Gasteiger partial charge is 0.310 e. The van der Waals surface area contributed by atoms with E-state index >= 15 is 0 Å². The molecule has 0 saturated heterocycles. The Balaban J connectivity index is 1.10. The standard InChI is InChI=1S/C51H38N2/c1-51(2)47-33-41(28-30-43(47)44-31-29-42(34-48(44)51)53-49-22-11-9-20-45(49)46-21-10-12-23-50(46)53)52(39-26-24-37(25-27-39)35-14-5-3-6-15-35)40-19-13-18-38(32-40)36-16-7-4-8-17-36/h3-34H,1-2H3. The maximum atomic E-state index is 2.43. The molecule has 53 heavy (non-hydrogen) atoms. The zero-order chi connectivity index (χ0) is 35.5. The van der Waals surface area contributed by atoms with Gasteiger partial charge in [0.05, 0.1) is 11.0 Å². The van der Waals surface area contributed by atoms with E-state index in [4.69, 9.17) is 0 Å². The Morgan fingerprint density at radius 2 is 0.868 bits per heavy atom. The quantitative estimate of drug-likeness (QED) is 0.170. The summed E-state index contributed by atoms with van der Waals surface area (Å²) in [4.78, 5) is 2.41. The molecule has 0 aliphatic heterocycles. The lowest BCUT2D eigenvalue weighted by molar-refractivity contribution is 0.660. The molecule has 0 bridgehead atoms. The molecule has 252 valence electrons. The number of nitrogens with zero attached hydrogens (tertiary/aromatic N) is 2. The second-order valence-corrected chi connectivity index (χ2v) is 14.6. The molecular weight excluding hydrogens is 641 g/mol. The molecular formula is C51H38N2. The van der Waals surface area contributed by atoms with Crippen LogP contribution in [0.3, 0.4) is 0 Å². The molecule has 9 aromatic rings. The van der Waals surface area contributed by atoms with Crippen LogP contribution in [0.2, 0.25) is 0 Å². The summed E-state index contributed by atoms with van der Waals surface area (Å²) < 4.78 is 2.43. The van der Waals surface area contributed by atoms with Gasteiger partial charge in [0.25, 0.3) is 0 Å². The highest BCUT2D eigenvalue weighted by Gasteiger charge is 2.36. The predicted octanol–water partition coefficient (Wildman–Crippen LogP) is 13.9. The summed E-state index contributed by atoms with van der Waals surface area (Å²) in [5, 5.41) is 2.56. The number of hydrogen-bond acceptors (Lipinski definition) is 1. The van der Waals surface area contributed by atoms with Crippen molar-refractivity contribution >= 4 is 38.9 Å². The summed E-state index contributed by atoms with van der Waals surface area (Å²) in [6.45, 7) is 4.76. The number of fused-ring (bicyclic) bond motifs is 6. The number of aromatic nitrogens is 1.